The van der Waals surface area contributed by atoms with Crippen LogP contribution in [0.4, 0.5) is 8.78 Å². The first kappa shape index (κ1) is 41.4. The Bertz CT molecular complexity index is 2230. The van der Waals surface area contributed by atoms with Crippen molar-refractivity contribution in [2.24, 2.45) is 11.8 Å². The number of benzene rings is 1. The molecule has 3 amide bonds. The molecule has 1 saturated heterocycles. The monoisotopic (exact) mass is 840 g/mol. The lowest BCUT2D eigenvalue weighted by molar-refractivity contribution is -0.159. The summed E-state index contributed by atoms with van der Waals surface area (Å²) >= 11 is 0. The molecule has 3 aliphatic carbocycles. The molecule has 3 aliphatic heterocycles. The number of carbonyl (C=O) groups excluding carboxylic acids is 4. The highest BCUT2D eigenvalue weighted by Crippen LogP contribution is 2.58. The summed E-state index contributed by atoms with van der Waals surface area (Å²) in [6.45, 7) is 6.31. The summed E-state index contributed by atoms with van der Waals surface area (Å²) in [4.78, 5) is 63.0. The van der Waals surface area contributed by atoms with Gasteiger partial charge in [-0.3, -0.25) is 23.9 Å². The Morgan fingerprint density at radius 3 is 2.51 bits per heavy atom. The molecule has 16 heteroatoms. The molecule has 3 unspecified atom stereocenters. The van der Waals surface area contributed by atoms with Crippen molar-refractivity contribution in [3.63, 3.8) is 0 Å². The van der Waals surface area contributed by atoms with Crippen LogP contribution >= 0.6 is 0 Å². The Hall–Kier alpha value is -4.34. The van der Waals surface area contributed by atoms with Crippen LogP contribution in [0.15, 0.2) is 30.4 Å². The van der Waals surface area contributed by atoms with Crippen LogP contribution in [0.5, 0.6) is 11.5 Å². The summed E-state index contributed by atoms with van der Waals surface area (Å²) in [5, 5.41) is 3.01. The molecule has 320 valence electrons. The molecule has 3 saturated carbocycles. The van der Waals surface area contributed by atoms with Gasteiger partial charge in [0.15, 0.2) is 5.75 Å². The Balaban J connectivity index is 1.19. The van der Waals surface area contributed by atoms with E-state index in [1.54, 1.807) is 39.8 Å². The first-order valence-electron chi connectivity index (χ1n) is 20.9. The molecule has 0 radical (unpaired) electrons. The number of nitrogens with one attached hydrogen (secondary N) is 2. The van der Waals surface area contributed by atoms with E-state index in [-0.39, 0.29) is 48.3 Å². The standard InChI is InChI=1S/C43H54F2N4O9S/c1-39(2,3)57-32(50)19-26-11-9-7-6-8-10-12-27-21-42(27,38(53)48-59(54,55)40(4)17-18-40)47-36(51)31-22-41(24-49(31)37(26)52)23-43(44,45)33-29-20-28(56-5)15-16-30(29)46-34(25-13-14-25)35(33)58-41/h10,12,15-16,20,25-27,31H,6-9,11,13-14,17-19,21-24H2,1-5H3,(H,47,51)(H,48,53)/b12-10-/t26-,27?,31?,41+,42?/m1/s1. The normalized spacial score (nSPS) is 30.7. The zero-order valence-electron chi connectivity index (χ0n) is 34.3. The van der Waals surface area contributed by atoms with E-state index in [4.69, 9.17) is 19.2 Å². The van der Waals surface area contributed by atoms with Crippen molar-refractivity contribution in [1.29, 1.82) is 0 Å². The number of allylic oxidation sites excluding steroid dienone is 1. The minimum absolute atomic E-state index is 0.0626. The van der Waals surface area contributed by atoms with E-state index in [0.29, 0.717) is 49.1 Å². The number of nitrogens with zero attached hydrogens (tertiary/aromatic N) is 2. The summed E-state index contributed by atoms with van der Waals surface area (Å²) in [7, 11) is -2.63. The van der Waals surface area contributed by atoms with Crippen molar-refractivity contribution in [2.75, 3.05) is 13.7 Å². The molecule has 1 spiro atoms. The number of hydrogen-bond donors (Lipinski definition) is 2. The Morgan fingerprint density at radius 2 is 1.83 bits per heavy atom. The van der Waals surface area contributed by atoms with Crippen LogP contribution in [-0.4, -0.2) is 83.2 Å². The molecule has 8 rings (SSSR count). The van der Waals surface area contributed by atoms with Crippen molar-refractivity contribution >= 4 is 44.6 Å². The number of pyridine rings is 1. The number of fused-ring (bicyclic) bond motifs is 5. The van der Waals surface area contributed by atoms with E-state index in [1.807, 2.05) is 12.2 Å². The second kappa shape index (κ2) is 14.4. The third-order valence-corrected chi connectivity index (χ3v) is 15.1. The molecule has 1 aromatic carbocycles. The van der Waals surface area contributed by atoms with Crippen LogP contribution in [0.2, 0.25) is 0 Å². The maximum absolute atomic E-state index is 17.1. The zero-order valence-corrected chi connectivity index (χ0v) is 35.1. The quantitative estimate of drug-likeness (QED) is 0.246. The van der Waals surface area contributed by atoms with E-state index in [9.17, 15) is 27.6 Å². The highest BCUT2D eigenvalue weighted by molar-refractivity contribution is 7.91. The first-order valence-corrected chi connectivity index (χ1v) is 22.3. The maximum Gasteiger partial charge on any atom is 0.307 e. The number of hydrogen-bond acceptors (Lipinski definition) is 10. The molecule has 13 nitrogen and oxygen atoms in total. The SMILES string of the molecule is COc1ccc2nc(C3CC3)c3c(c2c1)C(F)(F)C[C@]1(CC2C(=O)NC4(C(=O)NS(=O)(=O)C5(C)CC5)CC4/C=C\CCCCC[C@H](CC(=O)OC(C)(C)C)C(=O)N2C1)O3. The van der Waals surface area contributed by atoms with Crippen LogP contribution in [0, 0.1) is 11.8 Å². The number of rotatable bonds is 7. The average Bonchev–Trinajstić information content (AvgIpc) is 4.08. The lowest BCUT2D eigenvalue weighted by Crippen LogP contribution is -2.57. The molecule has 2 N–H and O–H groups in total. The number of ether oxygens (including phenoxy) is 3. The smallest absolute Gasteiger partial charge is 0.307 e. The third-order valence-electron chi connectivity index (χ3n) is 12.9. The minimum atomic E-state index is -4.08. The third kappa shape index (κ3) is 7.90. The fraction of sp³-hybridized carbons (Fsp3) is 0.651. The van der Waals surface area contributed by atoms with Crippen LogP contribution in [0.3, 0.4) is 0 Å². The van der Waals surface area contributed by atoms with Crippen molar-refractivity contribution in [3.8, 4) is 11.5 Å². The largest absolute Gasteiger partial charge is 0.497 e. The summed E-state index contributed by atoms with van der Waals surface area (Å²) in [5.74, 6) is -7.67. The van der Waals surface area contributed by atoms with Gasteiger partial charge >= 0.3 is 5.97 Å². The van der Waals surface area contributed by atoms with Gasteiger partial charge in [0.2, 0.25) is 21.8 Å². The molecule has 4 fully saturated rings. The van der Waals surface area contributed by atoms with Gasteiger partial charge in [0.05, 0.1) is 48.0 Å². The molecular weight excluding hydrogens is 787 g/mol. The van der Waals surface area contributed by atoms with Gasteiger partial charge in [0.25, 0.3) is 11.8 Å². The second-order valence-corrected chi connectivity index (χ2v) is 21.1. The van der Waals surface area contributed by atoms with Crippen LogP contribution in [0.1, 0.15) is 128 Å². The first-order chi connectivity index (χ1) is 27.7. The number of alkyl halides is 2. The van der Waals surface area contributed by atoms with E-state index in [1.165, 1.54) is 18.1 Å². The fourth-order valence-electron chi connectivity index (χ4n) is 9.12. The predicted octanol–water partition coefficient (Wildman–Crippen LogP) is 6.08. The Morgan fingerprint density at radius 1 is 1.08 bits per heavy atom. The van der Waals surface area contributed by atoms with Gasteiger partial charge in [-0.15, -0.1) is 0 Å². The summed E-state index contributed by atoms with van der Waals surface area (Å²) in [6.07, 6.45) is 7.51. The number of esters is 1. The lowest BCUT2D eigenvalue weighted by atomic mass is 9.84. The van der Waals surface area contributed by atoms with Gasteiger partial charge in [-0.25, -0.2) is 22.2 Å². The second-order valence-electron chi connectivity index (χ2n) is 18.9. The Labute approximate surface area is 343 Å². The van der Waals surface area contributed by atoms with E-state index in [2.05, 4.69) is 10.0 Å². The summed E-state index contributed by atoms with van der Waals surface area (Å²) < 4.78 is 79.6. The van der Waals surface area contributed by atoms with Crippen molar-refractivity contribution < 1.29 is 50.6 Å². The van der Waals surface area contributed by atoms with E-state index < -0.39 is 92.0 Å². The highest BCUT2D eigenvalue weighted by Gasteiger charge is 2.65. The van der Waals surface area contributed by atoms with Gasteiger partial charge in [0, 0.05) is 29.6 Å². The maximum atomic E-state index is 17.1. The average molecular weight is 841 g/mol. The minimum Gasteiger partial charge on any atom is -0.497 e. The van der Waals surface area contributed by atoms with Crippen molar-refractivity contribution in [3.05, 3.63) is 41.6 Å². The molecular formula is C43H54F2N4O9S. The van der Waals surface area contributed by atoms with Crippen molar-refractivity contribution in [1.82, 2.24) is 19.9 Å². The molecule has 6 aliphatic rings. The number of aromatic nitrogens is 1. The summed E-state index contributed by atoms with van der Waals surface area (Å²) in [6, 6.07) is 3.41. The molecule has 5 atom stereocenters. The molecule has 2 aromatic rings. The van der Waals surface area contributed by atoms with Gasteiger partial charge in [0.1, 0.15) is 28.5 Å². The fourth-order valence-corrected chi connectivity index (χ4v) is 10.4. The Kier molecular flexibility index (Phi) is 10.1. The van der Waals surface area contributed by atoms with E-state index >= 15 is 8.78 Å². The molecule has 59 heavy (non-hydrogen) atoms. The van der Waals surface area contributed by atoms with Gasteiger partial charge in [-0.2, -0.15) is 0 Å². The van der Waals surface area contributed by atoms with E-state index in [0.717, 1.165) is 19.3 Å². The highest BCUT2D eigenvalue weighted by atomic mass is 32.2. The number of sulfonamides is 1. The number of halogens is 2. The number of carbonyl (C=O) groups is 4. The molecule has 0 bridgehead atoms. The number of amides is 3. The predicted molar refractivity (Wildman–Crippen MR) is 212 cm³/mol. The van der Waals surface area contributed by atoms with Crippen LogP contribution in [-0.2, 0) is 39.9 Å². The molecule has 4 heterocycles. The van der Waals surface area contributed by atoms with Gasteiger partial charge in [-0.1, -0.05) is 25.0 Å². The molecule has 1 aromatic heterocycles. The topological polar surface area (TPSA) is 170 Å². The zero-order chi connectivity index (χ0) is 42.3. The number of methoxy groups -OCH3 is 1. The van der Waals surface area contributed by atoms with Gasteiger partial charge < -0.3 is 24.4 Å². The van der Waals surface area contributed by atoms with Crippen molar-refractivity contribution in [2.45, 2.75) is 151 Å². The van der Waals surface area contributed by atoms with Gasteiger partial charge in [-0.05, 0) is 97.3 Å². The van der Waals surface area contributed by atoms with Crippen LogP contribution in [0.25, 0.3) is 10.9 Å². The van der Waals surface area contributed by atoms with Crippen LogP contribution < -0.4 is 19.5 Å². The summed E-state index contributed by atoms with van der Waals surface area (Å²) in [5.41, 5.74) is -3.80. The lowest BCUT2D eigenvalue weighted by Gasteiger charge is -2.40.